The Kier molecular flexibility index (Phi) is 5.97. The first-order chi connectivity index (χ1) is 9.35. The van der Waals surface area contributed by atoms with Gasteiger partial charge in [0.25, 0.3) is 0 Å². The number of halogens is 1. The fraction of sp³-hybridized carbons (Fsp3) is 0.417. The number of carboxylic acids is 1. The third-order valence-electron chi connectivity index (χ3n) is 2.54. The number of hydrogen-bond donors (Lipinski definition) is 1. The van der Waals surface area contributed by atoms with Crippen molar-refractivity contribution in [1.29, 1.82) is 0 Å². The van der Waals surface area contributed by atoms with Crippen LogP contribution < -0.4 is 4.74 Å². The molecule has 0 aliphatic rings. The molecule has 0 aliphatic carbocycles. The molecule has 0 unspecified atom stereocenters. The zero-order chi connectivity index (χ0) is 15.3. The highest BCUT2D eigenvalue weighted by Gasteiger charge is 2.24. The molecule has 0 saturated heterocycles. The van der Waals surface area contributed by atoms with E-state index >= 15 is 0 Å². The fourth-order valence-corrected chi connectivity index (χ4v) is 3.26. The minimum absolute atomic E-state index is 0.00352. The minimum atomic E-state index is -3.52. The van der Waals surface area contributed by atoms with Crippen LogP contribution in [0.4, 0.5) is 0 Å². The molecule has 1 rings (SSSR count). The topological polar surface area (TPSA) is 89.9 Å². The van der Waals surface area contributed by atoms with Crippen molar-refractivity contribution in [3.05, 3.63) is 22.2 Å². The van der Waals surface area contributed by atoms with E-state index in [9.17, 15) is 13.2 Å². The average Bonchev–Trinajstić information content (AvgIpc) is 2.40. The second-order valence-corrected chi connectivity index (χ2v) is 6.84. The SMILES string of the molecule is CCS(=O)(=O)c1ccc(C(=O)O)c(Br)c1OCCOC. The van der Waals surface area contributed by atoms with E-state index < -0.39 is 15.8 Å². The number of benzene rings is 1. The van der Waals surface area contributed by atoms with Gasteiger partial charge in [-0.2, -0.15) is 0 Å². The molecule has 0 heterocycles. The summed E-state index contributed by atoms with van der Waals surface area (Å²) in [5.74, 6) is -1.27. The molecule has 0 aromatic heterocycles. The van der Waals surface area contributed by atoms with Gasteiger partial charge in [-0.15, -0.1) is 0 Å². The van der Waals surface area contributed by atoms with Crippen LogP contribution >= 0.6 is 15.9 Å². The maximum atomic E-state index is 12.0. The number of carbonyl (C=O) groups is 1. The first-order valence-electron chi connectivity index (χ1n) is 5.75. The molecular formula is C12H15BrO6S. The summed E-state index contributed by atoms with van der Waals surface area (Å²) in [6.07, 6.45) is 0. The Morgan fingerprint density at radius 3 is 2.50 bits per heavy atom. The smallest absolute Gasteiger partial charge is 0.336 e. The van der Waals surface area contributed by atoms with Crippen LogP contribution in [0, 0.1) is 0 Å². The first kappa shape index (κ1) is 16.9. The number of sulfone groups is 1. The van der Waals surface area contributed by atoms with Crippen molar-refractivity contribution in [1.82, 2.24) is 0 Å². The quantitative estimate of drug-likeness (QED) is 0.741. The lowest BCUT2D eigenvalue weighted by Crippen LogP contribution is -2.12. The lowest BCUT2D eigenvalue weighted by Gasteiger charge is -2.14. The number of methoxy groups -OCH3 is 1. The van der Waals surface area contributed by atoms with Gasteiger partial charge < -0.3 is 14.6 Å². The van der Waals surface area contributed by atoms with Crippen LogP contribution in [0.25, 0.3) is 0 Å². The van der Waals surface area contributed by atoms with Crippen molar-refractivity contribution in [2.24, 2.45) is 0 Å². The third kappa shape index (κ3) is 3.71. The number of ether oxygens (including phenoxy) is 2. The van der Waals surface area contributed by atoms with Crippen LogP contribution in [-0.4, -0.2) is 45.6 Å². The lowest BCUT2D eigenvalue weighted by atomic mass is 10.2. The zero-order valence-electron chi connectivity index (χ0n) is 11.1. The van der Waals surface area contributed by atoms with Crippen LogP contribution in [0.2, 0.25) is 0 Å². The van der Waals surface area contributed by atoms with Crippen molar-refractivity contribution < 1.29 is 27.8 Å². The van der Waals surface area contributed by atoms with E-state index in [0.717, 1.165) is 0 Å². The van der Waals surface area contributed by atoms with Gasteiger partial charge in [-0.3, -0.25) is 0 Å². The van der Waals surface area contributed by atoms with Crippen molar-refractivity contribution in [3.8, 4) is 5.75 Å². The van der Waals surface area contributed by atoms with E-state index in [1.54, 1.807) is 0 Å². The Hall–Kier alpha value is -1.12. The van der Waals surface area contributed by atoms with E-state index in [-0.39, 0.29) is 39.6 Å². The molecule has 1 aromatic carbocycles. The second-order valence-electron chi connectivity index (χ2n) is 3.80. The minimum Gasteiger partial charge on any atom is -0.489 e. The fourth-order valence-electron chi connectivity index (χ4n) is 1.47. The van der Waals surface area contributed by atoms with Crippen LogP contribution in [0.5, 0.6) is 5.75 Å². The third-order valence-corrected chi connectivity index (χ3v) is 5.08. The normalized spacial score (nSPS) is 11.3. The molecule has 6 nitrogen and oxygen atoms in total. The maximum absolute atomic E-state index is 12.0. The predicted molar refractivity (Wildman–Crippen MR) is 76.2 cm³/mol. The van der Waals surface area contributed by atoms with E-state index in [1.807, 2.05) is 0 Å². The molecule has 1 N–H and O–H groups in total. The van der Waals surface area contributed by atoms with Crippen molar-refractivity contribution in [3.63, 3.8) is 0 Å². The predicted octanol–water partition coefficient (Wildman–Crippen LogP) is 1.97. The number of rotatable bonds is 7. The second kappa shape index (κ2) is 7.05. The highest BCUT2D eigenvalue weighted by atomic mass is 79.9. The van der Waals surface area contributed by atoms with Gasteiger partial charge in [0.1, 0.15) is 11.5 Å². The molecule has 1 aromatic rings. The van der Waals surface area contributed by atoms with Crippen molar-refractivity contribution >= 4 is 31.7 Å². The zero-order valence-corrected chi connectivity index (χ0v) is 13.5. The van der Waals surface area contributed by atoms with Gasteiger partial charge in [0, 0.05) is 7.11 Å². The summed E-state index contributed by atoms with van der Waals surface area (Å²) < 4.78 is 34.3. The summed E-state index contributed by atoms with van der Waals surface area (Å²) in [6, 6.07) is 2.48. The highest BCUT2D eigenvalue weighted by Crippen LogP contribution is 2.36. The van der Waals surface area contributed by atoms with E-state index in [4.69, 9.17) is 14.6 Å². The van der Waals surface area contributed by atoms with Gasteiger partial charge in [-0.05, 0) is 28.1 Å². The number of hydrogen-bond acceptors (Lipinski definition) is 5. The maximum Gasteiger partial charge on any atom is 0.336 e. The number of aromatic carboxylic acids is 1. The Morgan fingerprint density at radius 1 is 1.35 bits per heavy atom. The first-order valence-corrected chi connectivity index (χ1v) is 8.20. The summed E-state index contributed by atoms with van der Waals surface area (Å²) in [6.45, 7) is 1.88. The molecule has 20 heavy (non-hydrogen) atoms. The van der Waals surface area contributed by atoms with E-state index in [0.29, 0.717) is 0 Å². The Morgan fingerprint density at radius 2 is 2.00 bits per heavy atom. The number of carboxylic acid groups (broad SMARTS) is 1. The molecule has 112 valence electrons. The summed E-state index contributed by atoms with van der Waals surface area (Å²) in [7, 11) is -2.04. The monoisotopic (exact) mass is 366 g/mol. The summed E-state index contributed by atoms with van der Waals surface area (Å²) in [5.41, 5.74) is -0.0625. The standard InChI is InChI=1S/C12H15BrO6S/c1-3-20(16,17)9-5-4-8(12(14)15)10(13)11(9)19-7-6-18-2/h4-5H,3,6-7H2,1-2H3,(H,14,15). The molecular weight excluding hydrogens is 352 g/mol. The highest BCUT2D eigenvalue weighted by molar-refractivity contribution is 9.10. The molecule has 0 bridgehead atoms. The van der Waals surface area contributed by atoms with Gasteiger partial charge in [-0.1, -0.05) is 6.92 Å². The average molecular weight is 367 g/mol. The van der Waals surface area contributed by atoms with Gasteiger partial charge in [-0.25, -0.2) is 13.2 Å². The summed E-state index contributed by atoms with van der Waals surface area (Å²) >= 11 is 3.10. The Bertz CT molecular complexity index is 596. The molecule has 0 radical (unpaired) electrons. The molecule has 8 heteroatoms. The molecule has 0 aliphatic heterocycles. The molecule has 0 amide bonds. The summed E-state index contributed by atoms with van der Waals surface area (Å²) in [4.78, 5) is 11.0. The van der Waals surface area contributed by atoms with Crippen molar-refractivity contribution in [2.45, 2.75) is 11.8 Å². The van der Waals surface area contributed by atoms with Gasteiger partial charge in [0.15, 0.2) is 15.6 Å². The van der Waals surface area contributed by atoms with Gasteiger partial charge in [0.2, 0.25) is 0 Å². The van der Waals surface area contributed by atoms with Crippen LogP contribution in [0.3, 0.4) is 0 Å². The van der Waals surface area contributed by atoms with Crippen LogP contribution in [-0.2, 0) is 14.6 Å². The van der Waals surface area contributed by atoms with Crippen LogP contribution in [0.1, 0.15) is 17.3 Å². The largest absolute Gasteiger partial charge is 0.489 e. The van der Waals surface area contributed by atoms with E-state index in [2.05, 4.69) is 15.9 Å². The lowest BCUT2D eigenvalue weighted by molar-refractivity contribution is 0.0694. The Balaban J connectivity index is 3.37. The van der Waals surface area contributed by atoms with E-state index in [1.165, 1.54) is 26.2 Å². The molecule has 0 spiro atoms. The molecule has 0 fully saturated rings. The van der Waals surface area contributed by atoms with Crippen molar-refractivity contribution in [2.75, 3.05) is 26.1 Å². The molecule has 0 saturated carbocycles. The van der Waals surface area contributed by atoms with Gasteiger partial charge in [0.05, 0.1) is 22.4 Å². The van der Waals surface area contributed by atoms with Gasteiger partial charge >= 0.3 is 5.97 Å². The van der Waals surface area contributed by atoms with Crippen LogP contribution in [0.15, 0.2) is 21.5 Å². The summed E-state index contributed by atoms with van der Waals surface area (Å²) in [5, 5.41) is 9.05. The molecule has 0 atom stereocenters. The Labute approximate surface area is 125 Å².